The van der Waals surface area contributed by atoms with Crippen LogP contribution in [0.1, 0.15) is 17.2 Å². The molecule has 0 saturated carbocycles. The van der Waals surface area contributed by atoms with Crippen molar-refractivity contribution in [2.75, 3.05) is 19.7 Å². The molecule has 4 nitrogen and oxygen atoms in total. The summed E-state index contributed by atoms with van der Waals surface area (Å²) < 4.78 is 5.39. The maximum atomic E-state index is 9.58. The average Bonchev–Trinajstić information content (AvgIpc) is 3.09. The first-order chi connectivity index (χ1) is 9.36. The quantitative estimate of drug-likeness (QED) is 0.909. The average molecular weight is 258 g/mol. The summed E-state index contributed by atoms with van der Waals surface area (Å²) in [5, 5.41) is 9.58. The van der Waals surface area contributed by atoms with E-state index in [-0.39, 0.29) is 12.5 Å². The fraction of sp³-hybridized carbons (Fsp3) is 0.400. The molecular weight excluding hydrogens is 240 g/mol. The number of likely N-dealkylation sites (tertiary alicyclic amines) is 1. The second kappa shape index (κ2) is 5.55. The minimum absolute atomic E-state index is 0.224. The van der Waals surface area contributed by atoms with Crippen LogP contribution in [-0.4, -0.2) is 34.7 Å². The molecule has 1 aliphatic heterocycles. The van der Waals surface area contributed by atoms with Crippen LogP contribution >= 0.6 is 0 Å². The summed E-state index contributed by atoms with van der Waals surface area (Å²) in [6.45, 7) is 2.90. The van der Waals surface area contributed by atoms with Crippen molar-refractivity contribution in [2.45, 2.75) is 12.5 Å². The number of hydrogen-bond acceptors (Lipinski definition) is 4. The van der Waals surface area contributed by atoms with Gasteiger partial charge in [-0.1, -0.05) is 0 Å². The number of nitrogens with zero attached hydrogens (tertiary/aromatic N) is 2. The van der Waals surface area contributed by atoms with E-state index in [9.17, 15) is 5.11 Å². The Morgan fingerprint density at radius 1 is 1.26 bits per heavy atom. The van der Waals surface area contributed by atoms with E-state index < -0.39 is 0 Å². The molecule has 1 fully saturated rings. The highest BCUT2D eigenvalue weighted by Crippen LogP contribution is 2.32. The van der Waals surface area contributed by atoms with Gasteiger partial charge < -0.3 is 9.52 Å². The van der Waals surface area contributed by atoms with Gasteiger partial charge in [0.2, 0.25) is 0 Å². The molecule has 2 atom stereocenters. The van der Waals surface area contributed by atoms with Crippen molar-refractivity contribution in [3.05, 3.63) is 54.2 Å². The van der Waals surface area contributed by atoms with Crippen LogP contribution < -0.4 is 0 Å². The minimum atomic E-state index is 0.224. The zero-order valence-corrected chi connectivity index (χ0v) is 10.8. The summed E-state index contributed by atoms with van der Waals surface area (Å²) in [5.41, 5.74) is 1.26. The molecule has 2 aromatic rings. The van der Waals surface area contributed by atoms with Crippen LogP contribution in [0.5, 0.6) is 0 Å². The van der Waals surface area contributed by atoms with Crippen LogP contribution in [0.4, 0.5) is 0 Å². The highest BCUT2D eigenvalue weighted by atomic mass is 16.3. The number of rotatable bonds is 4. The van der Waals surface area contributed by atoms with Gasteiger partial charge in [0.05, 0.1) is 12.8 Å². The van der Waals surface area contributed by atoms with Crippen molar-refractivity contribution in [2.24, 2.45) is 5.92 Å². The van der Waals surface area contributed by atoms with Gasteiger partial charge in [-0.3, -0.25) is 9.88 Å². The molecule has 0 bridgehead atoms. The second-order valence-corrected chi connectivity index (χ2v) is 5.10. The maximum absolute atomic E-state index is 9.58. The van der Waals surface area contributed by atoms with Gasteiger partial charge >= 0.3 is 0 Å². The lowest BCUT2D eigenvalue weighted by Crippen LogP contribution is -2.20. The minimum Gasteiger partial charge on any atom is -0.468 e. The molecule has 100 valence electrons. The van der Waals surface area contributed by atoms with Gasteiger partial charge in [-0.25, -0.2) is 0 Å². The number of pyridine rings is 1. The Bertz CT molecular complexity index is 498. The third kappa shape index (κ3) is 2.69. The Labute approximate surface area is 112 Å². The highest BCUT2D eigenvalue weighted by Gasteiger charge is 2.33. The third-order valence-electron chi connectivity index (χ3n) is 3.84. The largest absolute Gasteiger partial charge is 0.468 e. The molecule has 3 rings (SSSR count). The predicted octanol–water partition coefficient (Wildman–Crippen LogP) is 1.88. The number of aromatic nitrogens is 1. The van der Waals surface area contributed by atoms with E-state index in [1.54, 1.807) is 6.26 Å². The molecule has 0 unspecified atom stereocenters. The first kappa shape index (κ1) is 12.4. The van der Waals surface area contributed by atoms with Crippen LogP contribution in [0.25, 0.3) is 0 Å². The van der Waals surface area contributed by atoms with E-state index >= 15 is 0 Å². The zero-order valence-electron chi connectivity index (χ0n) is 10.8. The van der Waals surface area contributed by atoms with Gasteiger partial charge in [-0.05, 0) is 29.8 Å². The van der Waals surface area contributed by atoms with Crippen LogP contribution in [0, 0.1) is 5.92 Å². The molecule has 1 aliphatic rings. The molecule has 19 heavy (non-hydrogen) atoms. The molecule has 0 spiro atoms. The Kier molecular flexibility index (Phi) is 3.62. The normalized spacial score (nSPS) is 23.8. The van der Waals surface area contributed by atoms with Crippen molar-refractivity contribution in [1.29, 1.82) is 0 Å². The topological polar surface area (TPSA) is 49.5 Å². The molecule has 2 aromatic heterocycles. The van der Waals surface area contributed by atoms with Crippen molar-refractivity contribution in [3.63, 3.8) is 0 Å². The number of furan rings is 1. The van der Waals surface area contributed by atoms with Crippen LogP contribution in [0.3, 0.4) is 0 Å². The lowest BCUT2D eigenvalue weighted by Gasteiger charge is -2.16. The Balaban J connectivity index is 1.72. The molecule has 0 amide bonds. The smallest absolute Gasteiger partial charge is 0.117 e. The summed E-state index contributed by atoms with van der Waals surface area (Å²) in [6.07, 6.45) is 5.34. The number of aliphatic hydroxyl groups excluding tert-OH is 1. The van der Waals surface area contributed by atoms with E-state index in [4.69, 9.17) is 4.42 Å². The van der Waals surface area contributed by atoms with Gasteiger partial charge in [-0.2, -0.15) is 0 Å². The number of aliphatic hydroxyl groups is 1. The monoisotopic (exact) mass is 258 g/mol. The lowest BCUT2D eigenvalue weighted by molar-refractivity contribution is 0.211. The molecule has 1 saturated heterocycles. The van der Waals surface area contributed by atoms with E-state index in [0.29, 0.717) is 5.92 Å². The third-order valence-corrected chi connectivity index (χ3v) is 3.84. The Morgan fingerprint density at radius 2 is 2.11 bits per heavy atom. The van der Waals surface area contributed by atoms with Gasteiger partial charge in [-0.15, -0.1) is 0 Å². The van der Waals surface area contributed by atoms with Crippen molar-refractivity contribution >= 4 is 0 Å². The summed E-state index contributed by atoms with van der Waals surface area (Å²) in [4.78, 5) is 6.39. The zero-order chi connectivity index (χ0) is 13.1. The van der Waals surface area contributed by atoms with E-state index in [2.05, 4.69) is 9.88 Å². The Morgan fingerprint density at radius 3 is 2.79 bits per heavy atom. The van der Waals surface area contributed by atoms with Gasteiger partial charge in [0, 0.05) is 43.9 Å². The van der Waals surface area contributed by atoms with Gasteiger partial charge in [0.15, 0.2) is 0 Å². The van der Waals surface area contributed by atoms with Crippen molar-refractivity contribution in [3.8, 4) is 0 Å². The van der Waals surface area contributed by atoms with Crippen molar-refractivity contribution < 1.29 is 9.52 Å². The summed E-state index contributed by atoms with van der Waals surface area (Å²) in [6, 6.07) is 8.00. The van der Waals surface area contributed by atoms with Gasteiger partial charge in [0.1, 0.15) is 5.76 Å². The summed E-state index contributed by atoms with van der Waals surface area (Å²) >= 11 is 0. The summed E-state index contributed by atoms with van der Waals surface area (Å²) in [5.74, 6) is 1.65. The first-order valence-electron chi connectivity index (χ1n) is 6.62. The van der Waals surface area contributed by atoms with Gasteiger partial charge in [0.25, 0.3) is 0 Å². The van der Waals surface area contributed by atoms with Crippen LogP contribution in [0.2, 0.25) is 0 Å². The number of hydrogen-bond donors (Lipinski definition) is 1. The molecular formula is C15H18N2O2. The molecule has 1 N–H and O–H groups in total. The first-order valence-corrected chi connectivity index (χ1v) is 6.62. The van der Waals surface area contributed by atoms with Crippen LogP contribution in [0.15, 0.2) is 47.3 Å². The summed E-state index contributed by atoms with van der Waals surface area (Å²) in [7, 11) is 0. The fourth-order valence-electron chi connectivity index (χ4n) is 2.89. The second-order valence-electron chi connectivity index (χ2n) is 5.10. The van der Waals surface area contributed by atoms with Crippen molar-refractivity contribution in [1.82, 2.24) is 9.88 Å². The molecule has 0 aromatic carbocycles. The van der Waals surface area contributed by atoms with Crippen LogP contribution in [-0.2, 0) is 6.54 Å². The van der Waals surface area contributed by atoms with E-state index in [0.717, 1.165) is 25.4 Å². The maximum Gasteiger partial charge on any atom is 0.117 e. The molecule has 4 heteroatoms. The van der Waals surface area contributed by atoms with E-state index in [1.807, 2.05) is 36.7 Å². The fourth-order valence-corrected chi connectivity index (χ4v) is 2.89. The molecule has 0 aliphatic carbocycles. The predicted molar refractivity (Wildman–Crippen MR) is 71.5 cm³/mol. The highest BCUT2D eigenvalue weighted by molar-refractivity contribution is 5.19. The van der Waals surface area contributed by atoms with E-state index in [1.165, 1.54) is 5.56 Å². The SMILES string of the molecule is OC[C@@H]1CN(Cc2ccco2)C[C@H]1c1ccncc1. The Hall–Kier alpha value is -1.65. The standard InChI is InChI=1S/C15H18N2O2/c18-11-13-8-17(9-14-2-1-7-19-14)10-15(13)12-3-5-16-6-4-12/h1-7,13,15,18H,8-11H2/t13-,15-/m0/s1. The molecule has 0 radical (unpaired) electrons. The molecule has 3 heterocycles. The lowest BCUT2D eigenvalue weighted by atomic mass is 9.90.